The first-order chi connectivity index (χ1) is 6.70. The lowest BCUT2D eigenvalue weighted by Gasteiger charge is -2.03. The van der Waals surface area contributed by atoms with E-state index < -0.39 is 0 Å². The zero-order valence-corrected chi connectivity index (χ0v) is 8.36. The van der Waals surface area contributed by atoms with E-state index in [2.05, 4.69) is 24.2 Å². The van der Waals surface area contributed by atoms with Crippen molar-refractivity contribution < 1.29 is 0 Å². The topological polar surface area (TPSA) is 43.8 Å². The van der Waals surface area contributed by atoms with Gasteiger partial charge in [-0.2, -0.15) is 5.10 Å². The summed E-state index contributed by atoms with van der Waals surface area (Å²) in [5.74, 6) is 0.708. The first-order valence-electron chi connectivity index (χ1n) is 4.53. The monoisotopic (exact) mass is 187 g/mol. The van der Waals surface area contributed by atoms with Crippen LogP contribution in [-0.4, -0.2) is 9.78 Å². The molecule has 0 aliphatic rings. The summed E-state index contributed by atoms with van der Waals surface area (Å²) in [6, 6.07) is 8.16. The maximum Gasteiger partial charge on any atom is 0.129 e. The maximum absolute atomic E-state index is 5.90. The van der Waals surface area contributed by atoms with Crippen LogP contribution in [-0.2, 0) is 7.05 Å². The Hall–Kier alpha value is -1.77. The smallest absolute Gasteiger partial charge is 0.129 e. The molecule has 0 aliphatic heterocycles. The number of nitrogens with two attached hydrogens (primary N) is 1. The van der Waals surface area contributed by atoms with Crippen LogP contribution in [0.25, 0.3) is 11.1 Å². The lowest BCUT2D eigenvalue weighted by atomic mass is 10.0. The van der Waals surface area contributed by atoms with Gasteiger partial charge in [0.15, 0.2) is 0 Å². The van der Waals surface area contributed by atoms with Crippen molar-refractivity contribution in [3.05, 3.63) is 36.0 Å². The fraction of sp³-hybridized carbons (Fsp3) is 0.182. The van der Waals surface area contributed by atoms with Gasteiger partial charge in [0.1, 0.15) is 5.82 Å². The first kappa shape index (κ1) is 8.81. The number of benzene rings is 1. The number of hydrogen-bond donors (Lipinski definition) is 1. The summed E-state index contributed by atoms with van der Waals surface area (Å²) in [7, 11) is 1.84. The first-order valence-corrected chi connectivity index (χ1v) is 4.53. The van der Waals surface area contributed by atoms with Crippen LogP contribution in [0, 0.1) is 6.92 Å². The SMILES string of the molecule is Cc1ccccc1-c1cnn(C)c1N. The van der Waals surface area contributed by atoms with Crippen LogP contribution >= 0.6 is 0 Å². The summed E-state index contributed by atoms with van der Waals surface area (Å²) in [4.78, 5) is 0. The molecule has 0 aliphatic carbocycles. The minimum atomic E-state index is 0.708. The Kier molecular flexibility index (Phi) is 2.00. The van der Waals surface area contributed by atoms with E-state index in [0.29, 0.717) is 5.82 Å². The van der Waals surface area contributed by atoms with Gasteiger partial charge in [0.25, 0.3) is 0 Å². The average Bonchev–Trinajstić information content (AvgIpc) is 2.49. The molecule has 3 heteroatoms. The highest BCUT2D eigenvalue weighted by molar-refractivity contribution is 5.75. The molecule has 0 unspecified atom stereocenters. The van der Waals surface area contributed by atoms with Crippen molar-refractivity contribution in [2.24, 2.45) is 7.05 Å². The van der Waals surface area contributed by atoms with Crippen LogP contribution in [0.5, 0.6) is 0 Å². The van der Waals surface area contributed by atoms with Crippen molar-refractivity contribution in [1.29, 1.82) is 0 Å². The van der Waals surface area contributed by atoms with E-state index in [0.717, 1.165) is 11.1 Å². The summed E-state index contributed by atoms with van der Waals surface area (Å²) in [6.45, 7) is 2.07. The highest BCUT2D eigenvalue weighted by atomic mass is 15.3. The van der Waals surface area contributed by atoms with Crippen LogP contribution in [0.2, 0.25) is 0 Å². The van der Waals surface area contributed by atoms with Crippen LogP contribution in [0.15, 0.2) is 30.5 Å². The van der Waals surface area contributed by atoms with E-state index in [-0.39, 0.29) is 0 Å². The quantitative estimate of drug-likeness (QED) is 0.741. The molecule has 14 heavy (non-hydrogen) atoms. The molecule has 0 atom stereocenters. The molecule has 0 radical (unpaired) electrons. The molecule has 0 amide bonds. The van der Waals surface area contributed by atoms with Crippen LogP contribution < -0.4 is 5.73 Å². The third-order valence-electron chi connectivity index (χ3n) is 2.42. The number of anilines is 1. The van der Waals surface area contributed by atoms with Gasteiger partial charge >= 0.3 is 0 Å². The predicted octanol–water partition coefficient (Wildman–Crippen LogP) is 1.98. The molecular formula is C11H13N3. The van der Waals surface area contributed by atoms with Crippen molar-refractivity contribution in [3.63, 3.8) is 0 Å². The number of nitrogens with zero attached hydrogens (tertiary/aromatic N) is 2. The lowest BCUT2D eigenvalue weighted by Crippen LogP contribution is -1.98. The molecule has 1 heterocycles. The van der Waals surface area contributed by atoms with Gasteiger partial charge in [-0.3, -0.25) is 4.68 Å². The molecule has 2 N–H and O–H groups in total. The number of aryl methyl sites for hydroxylation is 2. The van der Waals surface area contributed by atoms with Crippen molar-refractivity contribution >= 4 is 5.82 Å². The Bertz CT molecular complexity index is 457. The lowest BCUT2D eigenvalue weighted by molar-refractivity contribution is 0.779. The van der Waals surface area contributed by atoms with Crippen LogP contribution in [0.4, 0.5) is 5.82 Å². The zero-order chi connectivity index (χ0) is 10.1. The van der Waals surface area contributed by atoms with Gasteiger partial charge in [-0.1, -0.05) is 24.3 Å². The predicted molar refractivity (Wildman–Crippen MR) is 57.8 cm³/mol. The molecular weight excluding hydrogens is 174 g/mol. The standard InChI is InChI=1S/C11H13N3/c1-8-5-3-4-6-9(8)10-7-13-14(2)11(10)12/h3-7H,12H2,1-2H3. The average molecular weight is 187 g/mol. The van der Waals surface area contributed by atoms with Gasteiger partial charge in [-0.25, -0.2) is 0 Å². The van der Waals surface area contributed by atoms with E-state index in [1.54, 1.807) is 10.9 Å². The van der Waals surface area contributed by atoms with Crippen LogP contribution in [0.3, 0.4) is 0 Å². The maximum atomic E-state index is 5.90. The largest absolute Gasteiger partial charge is 0.383 e. The van der Waals surface area contributed by atoms with Crippen molar-refractivity contribution in [1.82, 2.24) is 9.78 Å². The summed E-state index contributed by atoms with van der Waals surface area (Å²) >= 11 is 0. The fourth-order valence-electron chi connectivity index (χ4n) is 1.53. The highest BCUT2D eigenvalue weighted by Gasteiger charge is 2.08. The molecule has 1 aromatic heterocycles. The summed E-state index contributed by atoms with van der Waals surface area (Å²) in [5, 5.41) is 4.13. The number of aromatic nitrogens is 2. The Balaban J connectivity index is 2.60. The second-order valence-electron chi connectivity index (χ2n) is 3.38. The molecule has 0 fully saturated rings. The second kappa shape index (κ2) is 3.18. The molecule has 0 saturated heterocycles. The molecule has 0 saturated carbocycles. The Labute approximate surface area is 83.2 Å². The Morgan fingerprint density at radius 2 is 1.93 bits per heavy atom. The molecule has 0 bridgehead atoms. The Morgan fingerprint density at radius 1 is 1.21 bits per heavy atom. The third-order valence-corrected chi connectivity index (χ3v) is 2.42. The van der Waals surface area contributed by atoms with Crippen molar-refractivity contribution in [2.75, 3.05) is 5.73 Å². The van der Waals surface area contributed by atoms with Gasteiger partial charge in [0, 0.05) is 12.6 Å². The van der Waals surface area contributed by atoms with Gasteiger partial charge in [-0.15, -0.1) is 0 Å². The number of rotatable bonds is 1. The molecule has 2 rings (SSSR count). The summed E-state index contributed by atoms with van der Waals surface area (Å²) in [6.07, 6.45) is 1.80. The van der Waals surface area contributed by atoms with E-state index in [1.165, 1.54) is 5.56 Å². The van der Waals surface area contributed by atoms with E-state index >= 15 is 0 Å². The van der Waals surface area contributed by atoms with Crippen LogP contribution in [0.1, 0.15) is 5.56 Å². The van der Waals surface area contributed by atoms with Gasteiger partial charge < -0.3 is 5.73 Å². The normalized spacial score (nSPS) is 10.4. The van der Waals surface area contributed by atoms with E-state index in [4.69, 9.17) is 5.73 Å². The summed E-state index contributed by atoms with van der Waals surface area (Å²) in [5.41, 5.74) is 9.28. The third kappa shape index (κ3) is 1.27. The molecule has 3 nitrogen and oxygen atoms in total. The molecule has 0 spiro atoms. The minimum absolute atomic E-state index is 0.708. The zero-order valence-electron chi connectivity index (χ0n) is 8.36. The summed E-state index contributed by atoms with van der Waals surface area (Å²) < 4.78 is 1.68. The van der Waals surface area contributed by atoms with E-state index in [9.17, 15) is 0 Å². The molecule has 2 aromatic rings. The van der Waals surface area contributed by atoms with Crippen molar-refractivity contribution in [2.45, 2.75) is 6.92 Å². The van der Waals surface area contributed by atoms with Crippen molar-refractivity contribution in [3.8, 4) is 11.1 Å². The Morgan fingerprint density at radius 3 is 2.50 bits per heavy atom. The van der Waals surface area contributed by atoms with Gasteiger partial charge in [0.05, 0.1) is 6.20 Å². The fourth-order valence-corrected chi connectivity index (χ4v) is 1.53. The number of hydrogen-bond acceptors (Lipinski definition) is 2. The van der Waals surface area contributed by atoms with Gasteiger partial charge in [-0.05, 0) is 18.1 Å². The highest BCUT2D eigenvalue weighted by Crippen LogP contribution is 2.27. The number of nitrogen functional groups attached to an aromatic ring is 1. The minimum Gasteiger partial charge on any atom is -0.383 e. The van der Waals surface area contributed by atoms with Gasteiger partial charge in [0.2, 0.25) is 0 Å². The second-order valence-corrected chi connectivity index (χ2v) is 3.38. The van der Waals surface area contributed by atoms with E-state index in [1.807, 2.05) is 19.2 Å². The molecule has 1 aromatic carbocycles. The molecule has 72 valence electrons.